The van der Waals surface area contributed by atoms with Gasteiger partial charge in [-0.3, -0.25) is 0 Å². The Bertz CT molecular complexity index is 547. The third-order valence-corrected chi connectivity index (χ3v) is 3.34. The normalized spacial score (nSPS) is 18.8. The molecule has 1 atom stereocenters. The molecule has 0 aliphatic carbocycles. The molecular formula is C14H17N3O2. The Morgan fingerprint density at radius 2 is 2.21 bits per heavy atom. The molecule has 0 saturated carbocycles. The minimum Gasteiger partial charge on any atom is -0.398 e. The number of nitrogens with two attached hydrogens (primary N) is 1. The molecule has 19 heavy (non-hydrogen) atoms. The third-order valence-electron chi connectivity index (χ3n) is 3.34. The smallest absolute Gasteiger partial charge is 0.231 e. The third kappa shape index (κ3) is 2.93. The topological polar surface area (TPSA) is 74.2 Å². The fourth-order valence-electron chi connectivity index (χ4n) is 2.31. The second kappa shape index (κ2) is 5.40. The number of hydrogen-bond donors (Lipinski definition) is 1. The lowest BCUT2D eigenvalue weighted by Crippen LogP contribution is -2.10. The van der Waals surface area contributed by atoms with Crippen LogP contribution in [-0.2, 0) is 17.6 Å². The molecule has 5 nitrogen and oxygen atoms in total. The SMILES string of the molecule is Nc1ccccc1Cc1nc(CC2CCCO2)no1. The van der Waals surface area contributed by atoms with Crippen molar-refractivity contribution in [1.29, 1.82) is 0 Å². The molecule has 3 rings (SSSR count). The van der Waals surface area contributed by atoms with E-state index in [9.17, 15) is 0 Å². The van der Waals surface area contributed by atoms with Gasteiger partial charge in [0.15, 0.2) is 5.82 Å². The minimum absolute atomic E-state index is 0.243. The molecule has 1 unspecified atom stereocenters. The van der Waals surface area contributed by atoms with E-state index < -0.39 is 0 Å². The van der Waals surface area contributed by atoms with Gasteiger partial charge in [0.1, 0.15) is 0 Å². The average molecular weight is 259 g/mol. The predicted octanol–water partition coefficient (Wildman–Crippen LogP) is 1.96. The number of benzene rings is 1. The maximum atomic E-state index is 5.90. The summed E-state index contributed by atoms with van der Waals surface area (Å²) in [6.45, 7) is 0.843. The van der Waals surface area contributed by atoms with Crippen molar-refractivity contribution in [2.24, 2.45) is 0 Å². The molecule has 2 N–H and O–H groups in total. The first kappa shape index (κ1) is 12.2. The lowest BCUT2D eigenvalue weighted by atomic mass is 10.1. The van der Waals surface area contributed by atoms with Crippen LogP contribution in [0.3, 0.4) is 0 Å². The molecule has 5 heteroatoms. The number of rotatable bonds is 4. The summed E-state index contributed by atoms with van der Waals surface area (Å²) in [6.07, 6.45) is 3.75. The monoisotopic (exact) mass is 259 g/mol. The largest absolute Gasteiger partial charge is 0.398 e. The molecule has 0 amide bonds. The summed E-state index contributed by atoms with van der Waals surface area (Å²) in [6, 6.07) is 7.71. The second-order valence-electron chi connectivity index (χ2n) is 4.82. The summed E-state index contributed by atoms with van der Waals surface area (Å²) in [5.41, 5.74) is 7.66. The van der Waals surface area contributed by atoms with Crippen LogP contribution >= 0.6 is 0 Å². The van der Waals surface area contributed by atoms with Gasteiger partial charge in [-0.25, -0.2) is 0 Å². The Hall–Kier alpha value is -1.88. The second-order valence-corrected chi connectivity index (χ2v) is 4.82. The highest BCUT2D eigenvalue weighted by atomic mass is 16.5. The van der Waals surface area contributed by atoms with E-state index in [0.717, 1.165) is 42.9 Å². The number of hydrogen-bond acceptors (Lipinski definition) is 5. The molecule has 0 radical (unpaired) electrons. The maximum absolute atomic E-state index is 5.90. The summed E-state index contributed by atoms with van der Waals surface area (Å²) in [4.78, 5) is 4.40. The van der Waals surface area contributed by atoms with Gasteiger partial charge in [-0.05, 0) is 24.5 Å². The summed E-state index contributed by atoms with van der Waals surface area (Å²) in [7, 11) is 0. The van der Waals surface area contributed by atoms with Crippen LogP contribution in [-0.4, -0.2) is 22.9 Å². The van der Waals surface area contributed by atoms with Crippen molar-refractivity contribution >= 4 is 5.69 Å². The van der Waals surface area contributed by atoms with Gasteiger partial charge < -0.3 is 15.0 Å². The molecule has 2 aromatic rings. The number of para-hydroxylation sites is 1. The van der Waals surface area contributed by atoms with Crippen molar-refractivity contribution in [3.63, 3.8) is 0 Å². The van der Waals surface area contributed by atoms with Gasteiger partial charge in [0, 0.05) is 18.7 Å². The fraction of sp³-hybridized carbons (Fsp3) is 0.429. The van der Waals surface area contributed by atoms with Crippen LogP contribution in [0.25, 0.3) is 0 Å². The van der Waals surface area contributed by atoms with Crippen LogP contribution in [0.2, 0.25) is 0 Å². The fourth-order valence-corrected chi connectivity index (χ4v) is 2.31. The molecule has 0 bridgehead atoms. The summed E-state index contributed by atoms with van der Waals surface area (Å²) < 4.78 is 10.8. The molecule has 100 valence electrons. The molecule has 1 aromatic carbocycles. The zero-order valence-electron chi connectivity index (χ0n) is 10.7. The number of nitrogen functional groups attached to an aromatic ring is 1. The number of aromatic nitrogens is 2. The lowest BCUT2D eigenvalue weighted by molar-refractivity contribution is 0.109. The quantitative estimate of drug-likeness (QED) is 0.850. The van der Waals surface area contributed by atoms with Gasteiger partial charge in [-0.2, -0.15) is 4.98 Å². The first-order chi connectivity index (χ1) is 9.31. The van der Waals surface area contributed by atoms with Crippen molar-refractivity contribution in [1.82, 2.24) is 10.1 Å². The molecule has 1 aliphatic heterocycles. The summed E-state index contributed by atoms with van der Waals surface area (Å²) in [5, 5.41) is 4.00. The van der Waals surface area contributed by atoms with Gasteiger partial charge in [0.2, 0.25) is 5.89 Å². The Morgan fingerprint density at radius 1 is 1.32 bits per heavy atom. The Labute approximate surface area is 111 Å². The average Bonchev–Trinajstić information content (AvgIpc) is 3.05. The zero-order chi connectivity index (χ0) is 13.1. The summed E-state index contributed by atoms with van der Waals surface area (Å²) in [5.74, 6) is 1.32. The van der Waals surface area contributed by atoms with E-state index in [-0.39, 0.29) is 6.10 Å². The summed E-state index contributed by atoms with van der Waals surface area (Å²) >= 11 is 0. The van der Waals surface area contributed by atoms with Crippen molar-refractivity contribution < 1.29 is 9.26 Å². The molecule has 0 spiro atoms. The van der Waals surface area contributed by atoms with Crippen LogP contribution in [0.15, 0.2) is 28.8 Å². The van der Waals surface area contributed by atoms with Gasteiger partial charge in [0.05, 0.1) is 12.5 Å². The molecule has 1 aliphatic rings. The van der Waals surface area contributed by atoms with Crippen molar-refractivity contribution in [2.45, 2.75) is 31.8 Å². The molecule has 1 saturated heterocycles. The number of anilines is 1. The predicted molar refractivity (Wildman–Crippen MR) is 70.6 cm³/mol. The highest BCUT2D eigenvalue weighted by Gasteiger charge is 2.19. The van der Waals surface area contributed by atoms with Crippen LogP contribution in [0.1, 0.15) is 30.1 Å². The first-order valence-corrected chi connectivity index (χ1v) is 6.58. The first-order valence-electron chi connectivity index (χ1n) is 6.58. The number of ether oxygens (including phenoxy) is 1. The highest BCUT2D eigenvalue weighted by Crippen LogP contribution is 2.18. The zero-order valence-corrected chi connectivity index (χ0v) is 10.7. The van der Waals surface area contributed by atoms with E-state index >= 15 is 0 Å². The van der Waals surface area contributed by atoms with E-state index in [2.05, 4.69) is 10.1 Å². The van der Waals surface area contributed by atoms with E-state index in [0.29, 0.717) is 12.3 Å². The van der Waals surface area contributed by atoms with E-state index in [1.54, 1.807) is 0 Å². The van der Waals surface area contributed by atoms with Gasteiger partial charge in [-0.1, -0.05) is 23.4 Å². The molecule has 2 heterocycles. The van der Waals surface area contributed by atoms with Crippen molar-refractivity contribution in [3.05, 3.63) is 41.5 Å². The van der Waals surface area contributed by atoms with E-state index in [4.69, 9.17) is 15.0 Å². The van der Waals surface area contributed by atoms with Gasteiger partial charge in [-0.15, -0.1) is 0 Å². The van der Waals surface area contributed by atoms with Gasteiger partial charge >= 0.3 is 0 Å². The maximum Gasteiger partial charge on any atom is 0.231 e. The highest BCUT2D eigenvalue weighted by molar-refractivity contribution is 5.47. The Balaban J connectivity index is 1.66. The van der Waals surface area contributed by atoms with Crippen LogP contribution in [0, 0.1) is 0 Å². The number of nitrogens with zero attached hydrogens (tertiary/aromatic N) is 2. The van der Waals surface area contributed by atoms with E-state index in [1.165, 1.54) is 0 Å². The molecule has 1 fully saturated rings. The Morgan fingerprint density at radius 3 is 3.00 bits per heavy atom. The van der Waals surface area contributed by atoms with Crippen LogP contribution in [0.5, 0.6) is 0 Å². The molecular weight excluding hydrogens is 242 g/mol. The minimum atomic E-state index is 0.243. The Kier molecular flexibility index (Phi) is 3.46. The van der Waals surface area contributed by atoms with Crippen molar-refractivity contribution in [3.8, 4) is 0 Å². The standard InChI is InChI=1S/C14H17N3O2/c15-12-6-2-1-4-10(12)8-14-16-13(17-19-14)9-11-5-3-7-18-11/h1-2,4,6,11H,3,5,7-9,15H2. The van der Waals surface area contributed by atoms with Crippen LogP contribution < -0.4 is 5.73 Å². The van der Waals surface area contributed by atoms with Crippen molar-refractivity contribution in [2.75, 3.05) is 12.3 Å². The van der Waals surface area contributed by atoms with Gasteiger partial charge in [0.25, 0.3) is 0 Å². The van der Waals surface area contributed by atoms with Crippen LogP contribution in [0.4, 0.5) is 5.69 Å². The lowest BCUT2D eigenvalue weighted by Gasteiger charge is -2.04. The van der Waals surface area contributed by atoms with E-state index in [1.807, 2.05) is 24.3 Å². The molecule has 1 aromatic heterocycles.